The number of nitrogens with one attached hydrogen (secondary N) is 2. The van der Waals surface area contributed by atoms with E-state index in [1.807, 2.05) is 36.4 Å². The fraction of sp³-hybridized carbons (Fsp3) is 0.400. The van der Waals surface area contributed by atoms with Gasteiger partial charge in [0.05, 0.1) is 6.54 Å². The predicted molar refractivity (Wildman–Crippen MR) is 95.8 cm³/mol. The Morgan fingerprint density at radius 2 is 1.71 bits per heavy atom. The molecule has 0 heterocycles. The van der Waals surface area contributed by atoms with Gasteiger partial charge >= 0.3 is 0 Å². The summed E-state index contributed by atoms with van der Waals surface area (Å²) in [5.41, 5.74) is 0.577. The molecule has 0 aromatic heterocycles. The van der Waals surface area contributed by atoms with E-state index >= 15 is 0 Å². The third-order valence-electron chi connectivity index (χ3n) is 4.80. The number of hydrogen-bond donors (Lipinski definition) is 2. The van der Waals surface area contributed by atoms with Crippen molar-refractivity contribution < 1.29 is 9.59 Å². The Bertz CT molecular complexity index is 733. The SMILES string of the molecule is CC1CCC(NC(=O)CNC(=O)c2ccc3ccccc3c2)CC1. The normalized spacial score (nSPS) is 20.5. The first-order valence-electron chi connectivity index (χ1n) is 8.68. The lowest BCUT2D eigenvalue weighted by atomic mass is 9.87. The van der Waals surface area contributed by atoms with Gasteiger partial charge in [-0.2, -0.15) is 0 Å². The Balaban J connectivity index is 1.51. The van der Waals surface area contributed by atoms with Gasteiger partial charge in [-0.1, -0.05) is 37.3 Å². The number of amides is 2. The van der Waals surface area contributed by atoms with Crippen molar-refractivity contribution in [1.82, 2.24) is 10.6 Å². The van der Waals surface area contributed by atoms with Gasteiger partial charge in [-0.25, -0.2) is 0 Å². The smallest absolute Gasteiger partial charge is 0.251 e. The van der Waals surface area contributed by atoms with Crippen LogP contribution in [0.15, 0.2) is 42.5 Å². The molecule has 1 fully saturated rings. The van der Waals surface area contributed by atoms with Crippen LogP contribution in [0.25, 0.3) is 10.8 Å². The fourth-order valence-electron chi connectivity index (χ4n) is 3.28. The van der Waals surface area contributed by atoms with Crippen molar-refractivity contribution in [2.75, 3.05) is 6.54 Å². The minimum atomic E-state index is -0.215. The molecule has 0 spiro atoms. The maximum atomic E-state index is 12.2. The van der Waals surface area contributed by atoms with Crippen molar-refractivity contribution in [3.8, 4) is 0 Å². The van der Waals surface area contributed by atoms with E-state index in [1.165, 1.54) is 0 Å². The molecule has 1 aliphatic carbocycles. The van der Waals surface area contributed by atoms with Crippen molar-refractivity contribution in [2.45, 2.75) is 38.6 Å². The number of hydrogen-bond acceptors (Lipinski definition) is 2. The van der Waals surface area contributed by atoms with Crippen molar-refractivity contribution in [3.63, 3.8) is 0 Å². The Kier molecular flexibility index (Phi) is 5.14. The molecule has 0 unspecified atom stereocenters. The maximum absolute atomic E-state index is 12.2. The highest BCUT2D eigenvalue weighted by molar-refractivity contribution is 6.00. The number of fused-ring (bicyclic) bond motifs is 1. The summed E-state index contributed by atoms with van der Waals surface area (Å²) in [5.74, 6) is 0.433. The summed E-state index contributed by atoms with van der Waals surface area (Å²) in [5, 5.41) is 7.85. The lowest BCUT2D eigenvalue weighted by Crippen LogP contribution is -2.43. The van der Waals surface area contributed by atoms with Crippen molar-refractivity contribution in [3.05, 3.63) is 48.0 Å². The first-order chi connectivity index (χ1) is 11.6. The lowest BCUT2D eigenvalue weighted by Gasteiger charge is -2.26. The quantitative estimate of drug-likeness (QED) is 0.907. The van der Waals surface area contributed by atoms with Crippen molar-refractivity contribution in [2.24, 2.45) is 5.92 Å². The second kappa shape index (κ2) is 7.47. The third kappa shape index (κ3) is 4.13. The van der Waals surface area contributed by atoms with E-state index in [0.717, 1.165) is 42.4 Å². The highest BCUT2D eigenvalue weighted by Crippen LogP contribution is 2.23. The topological polar surface area (TPSA) is 58.2 Å². The molecule has 4 heteroatoms. The molecule has 1 saturated carbocycles. The number of carbonyl (C=O) groups excluding carboxylic acids is 2. The first-order valence-corrected chi connectivity index (χ1v) is 8.68. The minimum absolute atomic E-state index is 0.0255. The molecule has 0 aliphatic heterocycles. The number of carbonyl (C=O) groups is 2. The average Bonchev–Trinajstić information content (AvgIpc) is 2.61. The Morgan fingerprint density at radius 1 is 1.00 bits per heavy atom. The molecule has 24 heavy (non-hydrogen) atoms. The van der Waals surface area contributed by atoms with Crippen LogP contribution in [-0.2, 0) is 4.79 Å². The van der Waals surface area contributed by atoms with Crippen LogP contribution in [-0.4, -0.2) is 24.4 Å². The molecule has 2 aromatic rings. The number of benzene rings is 2. The third-order valence-corrected chi connectivity index (χ3v) is 4.80. The monoisotopic (exact) mass is 324 g/mol. The molecule has 3 rings (SSSR count). The zero-order valence-electron chi connectivity index (χ0n) is 14.0. The molecule has 1 aliphatic rings. The summed E-state index contributed by atoms with van der Waals surface area (Å²) < 4.78 is 0. The molecule has 126 valence electrons. The zero-order chi connectivity index (χ0) is 16.9. The molecule has 2 amide bonds. The minimum Gasteiger partial charge on any atom is -0.352 e. The zero-order valence-corrected chi connectivity index (χ0v) is 14.0. The van der Waals surface area contributed by atoms with E-state index in [2.05, 4.69) is 17.6 Å². The van der Waals surface area contributed by atoms with Gasteiger partial charge < -0.3 is 10.6 Å². The van der Waals surface area contributed by atoms with Crippen LogP contribution in [0.3, 0.4) is 0 Å². The van der Waals surface area contributed by atoms with E-state index in [4.69, 9.17) is 0 Å². The molecule has 4 nitrogen and oxygen atoms in total. The van der Waals surface area contributed by atoms with E-state index < -0.39 is 0 Å². The molecule has 2 aromatic carbocycles. The van der Waals surface area contributed by atoms with Crippen LogP contribution in [0, 0.1) is 5.92 Å². The highest BCUT2D eigenvalue weighted by atomic mass is 16.2. The largest absolute Gasteiger partial charge is 0.352 e. The van der Waals surface area contributed by atoms with Gasteiger partial charge in [-0.05, 0) is 54.5 Å². The van der Waals surface area contributed by atoms with Gasteiger partial charge in [0, 0.05) is 11.6 Å². The van der Waals surface area contributed by atoms with Gasteiger partial charge in [0.1, 0.15) is 0 Å². The van der Waals surface area contributed by atoms with Gasteiger partial charge in [0.25, 0.3) is 5.91 Å². The van der Waals surface area contributed by atoms with Crippen LogP contribution in [0.5, 0.6) is 0 Å². The highest BCUT2D eigenvalue weighted by Gasteiger charge is 2.19. The van der Waals surface area contributed by atoms with Crippen LogP contribution in [0.2, 0.25) is 0 Å². The summed E-state index contributed by atoms with van der Waals surface area (Å²) >= 11 is 0. The maximum Gasteiger partial charge on any atom is 0.251 e. The van der Waals surface area contributed by atoms with Crippen LogP contribution >= 0.6 is 0 Å². The predicted octanol–water partition coefficient (Wildman–Crippen LogP) is 3.26. The molecular formula is C20H24N2O2. The Morgan fingerprint density at radius 3 is 2.46 bits per heavy atom. The summed E-state index contributed by atoms with van der Waals surface area (Å²) in [6.45, 7) is 2.28. The Hall–Kier alpha value is -2.36. The van der Waals surface area contributed by atoms with Gasteiger partial charge in [-0.3, -0.25) is 9.59 Å². The molecule has 0 bridgehead atoms. The second-order valence-electron chi connectivity index (χ2n) is 6.77. The van der Waals surface area contributed by atoms with E-state index in [-0.39, 0.29) is 24.4 Å². The summed E-state index contributed by atoms with van der Waals surface area (Å²) in [6.07, 6.45) is 4.39. The standard InChI is InChI=1S/C20H24N2O2/c1-14-6-10-18(11-7-14)22-19(23)13-21-20(24)17-9-8-15-4-2-3-5-16(15)12-17/h2-5,8-9,12,14,18H,6-7,10-11,13H2,1H3,(H,21,24)(H,22,23). The van der Waals surface area contributed by atoms with Crippen LogP contribution in [0.4, 0.5) is 0 Å². The average molecular weight is 324 g/mol. The molecule has 0 atom stereocenters. The fourth-order valence-corrected chi connectivity index (χ4v) is 3.28. The first kappa shape index (κ1) is 16.5. The number of rotatable bonds is 4. The van der Waals surface area contributed by atoms with E-state index in [0.29, 0.717) is 5.56 Å². The second-order valence-corrected chi connectivity index (χ2v) is 6.77. The molecule has 0 saturated heterocycles. The molecule has 2 N–H and O–H groups in total. The summed E-state index contributed by atoms with van der Waals surface area (Å²) in [4.78, 5) is 24.3. The van der Waals surface area contributed by atoms with Gasteiger partial charge in [-0.15, -0.1) is 0 Å². The Labute approximate surface area is 142 Å². The summed E-state index contributed by atoms with van der Waals surface area (Å²) in [6, 6.07) is 13.7. The molecular weight excluding hydrogens is 300 g/mol. The van der Waals surface area contributed by atoms with Crippen molar-refractivity contribution in [1.29, 1.82) is 0 Å². The van der Waals surface area contributed by atoms with Crippen molar-refractivity contribution >= 4 is 22.6 Å². The van der Waals surface area contributed by atoms with Gasteiger partial charge in [0.15, 0.2) is 0 Å². The molecule has 0 radical (unpaired) electrons. The van der Waals surface area contributed by atoms with Gasteiger partial charge in [0.2, 0.25) is 5.91 Å². The summed E-state index contributed by atoms with van der Waals surface area (Å²) in [7, 11) is 0. The van der Waals surface area contributed by atoms with Crippen LogP contribution in [0.1, 0.15) is 43.0 Å². The van der Waals surface area contributed by atoms with E-state index in [1.54, 1.807) is 6.07 Å². The van der Waals surface area contributed by atoms with E-state index in [9.17, 15) is 9.59 Å². The van der Waals surface area contributed by atoms with Crippen LogP contribution < -0.4 is 10.6 Å². The lowest BCUT2D eigenvalue weighted by molar-refractivity contribution is -0.121.